The van der Waals surface area contributed by atoms with Gasteiger partial charge in [-0.2, -0.15) is 0 Å². The van der Waals surface area contributed by atoms with E-state index in [1.165, 1.54) is 4.88 Å². The summed E-state index contributed by atoms with van der Waals surface area (Å²) in [4.78, 5) is 5.82. The number of rotatable bonds is 4. The van der Waals surface area contributed by atoms with Gasteiger partial charge >= 0.3 is 0 Å². The number of halogens is 1. The number of thiophene rings is 1. The lowest BCUT2D eigenvalue weighted by Gasteiger charge is -2.07. The van der Waals surface area contributed by atoms with Gasteiger partial charge in [0, 0.05) is 29.0 Å². The van der Waals surface area contributed by atoms with Crippen LogP contribution in [0.1, 0.15) is 10.6 Å². The number of nitrogen functional groups attached to an aromatic ring is 1. The molecule has 1 aromatic carbocycles. The van der Waals surface area contributed by atoms with Crippen molar-refractivity contribution in [2.75, 3.05) is 5.73 Å². The van der Waals surface area contributed by atoms with Crippen LogP contribution >= 0.6 is 22.9 Å². The molecule has 3 nitrogen and oxygen atoms in total. The third kappa shape index (κ3) is 2.93. The van der Waals surface area contributed by atoms with Gasteiger partial charge in [-0.25, -0.2) is 0 Å². The first-order valence-corrected chi connectivity index (χ1v) is 7.51. The first kappa shape index (κ1) is 13.4. The molecule has 102 valence electrons. The number of nitrogens with two attached hydrogens (primary N) is 1. The molecule has 0 amide bonds. The predicted molar refractivity (Wildman–Crippen MR) is 86.0 cm³/mol. The van der Waals surface area contributed by atoms with Gasteiger partial charge < -0.3 is 11.1 Å². The van der Waals surface area contributed by atoms with E-state index in [1.54, 1.807) is 11.3 Å². The Kier molecular flexibility index (Phi) is 3.87. The zero-order valence-electron chi connectivity index (χ0n) is 10.8. The van der Waals surface area contributed by atoms with Crippen LogP contribution in [0.2, 0.25) is 4.34 Å². The van der Waals surface area contributed by atoms with Crippen LogP contribution in [-0.2, 0) is 13.1 Å². The fourth-order valence-electron chi connectivity index (χ4n) is 2.11. The summed E-state index contributed by atoms with van der Waals surface area (Å²) in [6.07, 6.45) is 0. The number of para-hydroxylation sites is 1. The average molecular weight is 304 g/mol. The van der Waals surface area contributed by atoms with Crippen LogP contribution in [0.5, 0.6) is 0 Å². The molecule has 2 heterocycles. The second-order valence-electron chi connectivity index (χ2n) is 4.53. The quantitative estimate of drug-likeness (QED) is 0.770. The van der Waals surface area contributed by atoms with E-state index in [0.29, 0.717) is 6.54 Å². The monoisotopic (exact) mass is 303 g/mol. The lowest BCUT2D eigenvalue weighted by atomic mass is 10.1. The molecule has 0 unspecified atom stereocenters. The number of fused-ring (bicyclic) bond motifs is 1. The molecule has 0 saturated heterocycles. The highest BCUT2D eigenvalue weighted by molar-refractivity contribution is 7.16. The van der Waals surface area contributed by atoms with Gasteiger partial charge in [-0.05, 0) is 24.3 Å². The highest BCUT2D eigenvalue weighted by atomic mass is 35.5. The molecule has 0 aliphatic heterocycles. The molecule has 0 aliphatic rings. The third-order valence-corrected chi connectivity index (χ3v) is 4.27. The number of pyridine rings is 1. The van der Waals surface area contributed by atoms with E-state index in [9.17, 15) is 0 Å². The zero-order chi connectivity index (χ0) is 13.9. The Morgan fingerprint density at radius 1 is 1.15 bits per heavy atom. The van der Waals surface area contributed by atoms with Crippen molar-refractivity contribution in [3.8, 4) is 0 Å². The standard InChI is InChI=1S/C15H14ClN3S/c16-15-6-5-11(20-15)9-18-8-10-7-13(17)12-3-1-2-4-14(12)19-10/h1-7,18H,8-9H2,(H2,17,19). The first-order valence-electron chi connectivity index (χ1n) is 6.31. The summed E-state index contributed by atoms with van der Waals surface area (Å²) in [6, 6.07) is 13.8. The second-order valence-corrected chi connectivity index (χ2v) is 6.33. The molecule has 3 N–H and O–H groups in total. The normalized spacial score (nSPS) is 11.1. The van der Waals surface area contributed by atoms with Crippen LogP contribution in [0.4, 0.5) is 5.69 Å². The van der Waals surface area contributed by atoms with Crippen LogP contribution in [-0.4, -0.2) is 4.98 Å². The van der Waals surface area contributed by atoms with E-state index in [0.717, 1.165) is 33.2 Å². The van der Waals surface area contributed by atoms with Crippen LogP contribution in [0.3, 0.4) is 0 Å². The van der Waals surface area contributed by atoms with Crippen LogP contribution < -0.4 is 11.1 Å². The van der Waals surface area contributed by atoms with E-state index < -0.39 is 0 Å². The van der Waals surface area contributed by atoms with Crippen LogP contribution in [0.25, 0.3) is 10.9 Å². The SMILES string of the molecule is Nc1cc(CNCc2ccc(Cl)s2)nc2ccccc12. The molecule has 0 fully saturated rings. The lowest BCUT2D eigenvalue weighted by Crippen LogP contribution is -2.13. The molecule has 0 bridgehead atoms. The largest absolute Gasteiger partial charge is 0.398 e. The molecule has 20 heavy (non-hydrogen) atoms. The van der Waals surface area contributed by atoms with Gasteiger partial charge in [0.1, 0.15) is 0 Å². The minimum Gasteiger partial charge on any atom is -0.398 e. The molecule has 0 atom stereocenters. The summed E-state index contributed by atoms with van der Waals surface area (Å²) in [5.41, 5.74) is 8.71. The first-order chi connectivity index (χ1) is 9.72. The van der Waals surface area contributed by atoms with E-state index in [2.05, 4.69) is 10.3 Å². The van der Waals surface area contributed by atoms with Gasteiger partial charge in [-0.15, -0.1) is 11.3 Å². The van der Waals surface area contributed by atoms with Crippen LogP contribution in [0, 0.1) is 0 Å². The summed E-state index contributed by atoms with van der Waals surface area (Å²) >= 11 is 7.49. The maximum Gasteiger partial charge on any atom is 0.0931 e. The second kappa shape index (κ2) is 5.79. The Morgan fingerprint density at radius 2 is 2.00 bits per heavy atom. The molecular formula is C15H14ClN3S. The minimum absolute atomic E-state index is 0.685. The third-order valence-electron chi connectivity index (χ3n) is 3.04. The van der Waals surface area contributed by atoms with Gasteiger partial charge in [-0.3, -0.25) is 4.98 Å². The number of nitrogens with one attached hydrogen (secondary N) is 1. The fraction of sp³-hybridized carbons (Fsp3) is 0.133. The zero-order valence-corrected chi connectivity index (χ0v) is 12.3. The van der Waals surface area contributed by atoms with Crippen molar-refractivity contribution in [1.29, 1.82) is 0 Å². The number of nitrogens with zero attached hydrogens (tertiary/aromatic N) is 1. The number of anilines is 1. The number of hydrogen-bond donors (Lipinski definition) is 2. The number of aromatic nitrogens is 1. The van der Waals surface area contributed by atoms with Crippen molar-refractivity contribution < 1.29 is 0 Å². The Morgan fingerprint density at radius 3 is 2.80 bits per heavy atom. The number of benzene rings is 1. The van der Waals surface area contributed by atoms with Crippen molar-refractivity contribution >= 4 is 39.5 Å². The summed E-state index contributed by atoms with van der Waals surface area (Å²) in [5, 5.41) is 4.36. The van der Waals surface area contributed by atoms with Crippen molar-refractivity contribution in [2.24, 2.45) is 0 Å². The Balaban J connectivity index is 1.71. The Bertz CT molecular complexity index is 739. The summed E-state index contributed by atoms with van der Waals surface area (Å²) in [6.45, 7) is 1.47. The maximum absolute atomic E-state index is 6.06. The van der Waals surface area contributed by atoms with Crippen molar-refractivity contribution in [1.82, 2.24) is 10.3 Å². The smallest absolute Gasteiger partial charge is 0.0931 e. The van der Waals surface area contributed by atoms with Crippen molar-refractivity contribution in [3.63, 3.8) is 0 Å². The minimum atomic E-state index is 0.685. The Labute approximate surface area is 126 Å². The van der Waals surface area contributed by atoms with E-state index >= 15 is 0 Å². The van der Waals surface area contributed by atoms with Gasteiger partial charge in [0.25, 0.3) is 0 Å². The molecule has 0 aliphatic carbocycles. The van der Waals surface area contributed by atoms with Gasteiger partial charge in [0.2, 0.25) is 0 Å². The molecule has 0 saturated carbocycles. The van der Waals surface area contributed by atoms with Gasteiger partial charge in [0.15, 0.2) is 0 Å². The molecule has 3 rings (SSSR count). The lowest BCUT2D eigenvalue weighted by molar-refractivity contribution is 0.689. The highest BCUT2D eigenvalue weighted by Gasteiger charge is 2.03. The molecule has 0 radical (unpaired) electrons. The van der Waals surface area contributed by atoms with Crippen molar-refractivity contribution in [3.05, 3.63) is 57.4 Å². The maximum atomic E-state index is 6.06. The number of hydrogen-bond acceptors (Lipinski definition) is 4. The fourth-order valence-corrected chi connectivity index (χ4v) is 3.17. The molecular weight excluding hydrogens is 290 g/mol. The van der Waals surface area contributed by atoms with E-state index in [4.69, 9.17) is 17.3 Å². The average Bonchev–Trinajstić information content (AvgIpc) is 2.85. The summed E-state index contributed by atoms with van der Waals surface area (Å²) in [5.74, 6) is 0. The van der Waals surface area contributed by atoms with E-state index in [-0.39, 0.29) is 0 Å². The molecule has 0 spiro atoms. The molecule has 2 aromatic heterocycles. The van der Waals surface area contributed by atoms with E-state index in [1.807, 2.05) is 42.5 Å². The predicted octanol–water partition coefficient (Wildman–Crippen LogP) is 3.82. The summed E-state index contributed by atoms with van der Waals surface area (Å²) in [7, 11) is 0. The van der Waals surface area contributed by atoms with Crippen LogP contribution in [0.15, 0.2) is 42.5 Å². The molecule has 5 heteroatoms. The summed E-state index contributed by atoms with van der Waals surface area (Å²) < 4.78 is 0.815. The van der Waals surface area contributed by atoms with Gasteiger partial charge in [0.05, 0.1) is 15.5 Å². The highest BCUT2D eigenvalue weighted by Crippen LogP contribution is 2.22. The van der Waals surface area contributed by atoms with Gasteiger partial charge in [-0.1, -0.05) is 29.8 Å². The molecule has 3 aromatic rings. The Hall–Kier alpha value is -1.62. The van der Waals surface area contributed by atoms with Crippen molar-refractivity contribution in [2.45, 2.75) is 13.1 Å². The topological polar surface area (TPSA) is 50.9 Å².